The van der Waals surface area contributed by atoms with Crippen molar-refractivity contribution in [3.8, 4) is 0 Å². The highest BCUT2D eigenvalue weighted by Crippen LogP contribution is 2.08. The Bertz CT molecular complexity index is 651. The fourth-order valence-electron chi connectivity index (χ4n) is 1.46. The fourth-order valence-corrected chi connectivity index (χ4v) is 2.82. The average Bonchev–Trinajstić information content (AvgIpc) is 2.35. The third kappa shape index (κ3) is 7.00. The van der Waals surface area contributed by atoms with E-state index in [4.69, 9.17) is 9.88 Å². The first-order valence-corrected chi connectivity index (χ1v) is 9.51. The van der Waals surface area contributed by atoms with Gasteiger partial charge in [-0.1, -0.05) is 12.1 Å². The summed E-state index contributed by atoms with van der Waals surface area (Å²) in [6.07, 6.45) is -0.0223. The van der Waals surface area contributed by atoms with Crippen LogP contribution in [0.3, 0.4) is 0 Å². The van der Waals surface area contributed by atoms with Gasteiger partial charge < -0.3 is 4.74 Å². The molecule has 0 bridgehead atoms. The van der Waals surface area contributed by atoms with Gasteiger partial charge in [-0.25, -0.2) is 26.7 Å². The first kappa shape index (κ1) is 18.1. The van der Waals surface area contributed by atoms with Gasteiger partial charge in [-0.2, -0.15) is 0 Å². The molecule has 0 heterocycles. The summed E-state index contributed by atoms with van der Waals surface area (Å²) in [6.45, 7) is 3.85. The largest absolute Gasteiger partial charge is 0.378 e. The third-order valence-corrected chi connectivity index (χ3v) is 4.77. The molecule has 0 aliphatic heterocycles. The van der Waals surface area contributed by atoms with Crippen molar-refractivity contribution in [2.24, 2.45) is 5.14 Å². The van der Waals surface area contributed by atoms with Crippen molar-refractivity contribution >= 4 is 20.0 Å². The molecule has 0 atom stereocenters. The zero-order chi connectivity index (χ0) is 16.1. The van der Waals surface area contributed by atoms with Crippen molar-refractivity contribution in [1.29, 1.82) is 0 Å². The van der Waals surface area contributed by atoms with E-state index in [0.29, 0.717) is 5.56 Å². The Kier molecular flexibility index (Phi) is 6.29. The fraction of sp³-hybridized carbons (Fsp3) is 0.500. The van der Waals surface area contributed by atoms with Crippen LogP contribution in [-0.4, -0.2) is 35.3 Å². The van der Waals surface area contributed by atoms with Crippen molar-refractivity contribution < 1.29 is 21.6 Å². The SMILES string of the molecule is CC(C)OCCS(=O)(=O)NCc1ccc(S(N)(=O)=O)cc1. The Labute approximate surface area is 125 Å². The molecule has 0 spiro atoms. The van der Waals surface area contributed by atoms with Crippen molar-refractivity contribution in [3.63, 3.8) is 0 Å². The molecule has 1 aromatic rings. The van der Waals surface area contributed by atoms with Gasteiger partial charge in [-0.05, 0) is 31.5 Å². The Morgan fingerprint density at radius 2 is 1.71 bits per heavy atom. The van der Waals surface area contributed by atoms with Gasteiger partial charge in [0.25, 0.3) is 0 Å². The molecular formula is C12H20N2O5S2. The smallest absolute Gasteiger partial charge is 0.238 e. The van der Waals surface area contributed by atoms with Crippen LogP contribution in [0.25, 0.3) is 0 Å². The Morgan fingerprint density at radius 1 is 1.14 bits per heavy atom. The molecule has 0 radical (unpaired) electrons. The molecule has 0 saturated carbocycles. The van der Waals surface area contributed by atoms with Crippen LogP contribution in [-0.2, 0) is 31.3 Å². The lowest BCUT2D eigenvalue weighted by Gasteiger charge is -2.09. The highest BCUT2D eigenvalue weighted by atomic mass is 32.2. The van der Waals surface area contributed by atoms with Crippen LogP contribution in [0.2, 0.25) is 0 Å². The van der Waals surface area contributed by atoms with Gasteiger partial charge in [0.15, 0.2) is 0 Å². The predicted molar refractivity (Wildman–Crippen MR) is 79.5 cm³/mol. The number of nitrogens with two attached hydrogens (primary N) is 1. The van der Waals surface area contributed by atoms with Crippen LogP contribution in [0.15, 0.2) is 29.2 Å². The number of rotatable bonds is 8. The van der Waals surface area contributed by atoms with Gasteiger partial charge >= 0.3 is 0 Å². The van der Waals surface area contributed by atoms with E-state index >= 15 is 0 Å². The zero-order valence-electron chi connectivity index (χ0n) is 11.9. The summed E-state index contributed by atoms with van der Waals surface area (Å²) in [6, 6.07) is 5.68. The molecule has 120 valence electrons. The number of primary sulfonamides is 1. The highest BCUT2D eigenvalue weighted by molar-refractivity contribution is 7.89. The summed E-state index contributed by atoms with van der Waals surface area (Å²) < 4.78 is 53.2. The van der Waals surface area contributed by atoms with Crippen LogP contribution < -0.4 is 9.86 Å². The molecule has 3 N–H and O–H groups in total. The number of hydrogen-bond acceptors (Lipinski definition) is 5. The van der Waals surface area contributed by atoms with Gasteiger partial charge in [0.1, 0.15) is 0 Å². The molecule has 9 heteroatoms. The Morgan fingerprint density at radius 3 is 2.19 bits per heavy atom. The Hall–Kier alpha value is -1.00. The molecule has 1 rings (SSSR count). The number of ether oxygens (including phenoxy) is 1. The first-order chi connectivity index (χ1) is 9.60. The predicted octanol–water partition coefficient (Wildman–Crippen LogP) is 0.178. The second kappa shape index (κ2) is 7.32. The highest BCUT2D eigenvalue weighted by Gasteiger charge is 2.11. The first-order valence-electron chi connectivity index (χ1n) is 6.31. The molecule has 1 aromatic carbocycles. The standard InChI is InChI=1S/C12H20N2O5S2/c1-10(2)19-7-8-20(15,16)14-9-11-3-5-12(6-4-11)21(13,17)18/h3-6,10,14H,7-9H2,1-2H3,(H2,13,17,18). The van der Waals surface area contributed by atoms with Crippen LogP contribution in [0.1, 0.15) is 19.4 Å². The van der Waals surface area contributed by atoms with Crippen LogP contribution in [0.4, 0.5) is 0 Å². The lowest BCUT2D eigenvalue weighted by Crippen LogP contribution is -2.28. The number of benzene rings is 1. The number of sulfonamides is 2. The molecule has 0 fully saturated rings. The maximum Gasteiger partial charge on any atom is 0.238 e. The molecule has 0 aliphatic rings. The monoisotopic (exact) mass is 336 g/mol. The van der Waals surface area contributed by atoms with Gasteiger partial charge in [0.05, 0.1) is 23.4 Å². The Balaban J connectivity index is 2.55. The number of nitrogens with one attached hydrogen (secondary N) is 1. The van der Waals surface area contributed by atoms with E-state index < -0.39 is 20.0 Å². The van der Waals surface area contributed by atoms with Gasteiger partial charge in [0, 0.05) is 6.54 Å². The molecule has 0 amide bonds. The second-order valence-corrected chi connectivity index (χ2v) is 8.24. The van der Waals surface area contributed by atoms with E-state index in [-0.39, 0.29) is 29.9 Å². The molecule has 0 aliphatic carbocycles. The van der Waals surface area contributed by atoms with Crippen molar-refractivity contribution in [3.05, 3.63) is 29.8 Å². The van der Waals surface area contributed by atoms with E-state index in [1.807, 2.05) is 13.8 Å². The van der Waals surface area contributed by atoms with E-state index in [1.165, 1.54) is 24.3 Å². The van der Waals surface area contributed by atoms with Crippen LogP contribution >= 0.6 is 0 Å². The second-order valence-electron chi connectivity index (χ2n) is 4.75. The van der Waals surface area contributed by atoms with E-state index in [0.717, 1.165) is 0 Å². The number of hydrogen-bond donors (Lipinski definition) is 2. The minimum absolute atomic E-state index is 0.0144. The summed E-state index contributed by atoms with van der Waals surface area (Å²) in [5, 5.41) is 4.98. The van der Waals surface area contributed by atoms with E-state index in [9.17, 15) is 16.8 Å². The zero-order valence-corrected chi connectivity index (χ0v) is 13.6. The molecule has 0 aromatic heterocycles. The summed E-state index contributed by atoms with van der Waals surface area (Å²) in [4.78, 5) is -0.0144. The minimum Gasteiger partial charge on any atom is -0.378 e. The summed E-state index contributed by atoms with van der Waals surface area (Å²) in [7, 11) is -7.17. The maximum absolute atomic E-state index is 11.7. The summed E-state index contributed by atoms with van der Waals surface area (Å²) >= 11 is 0. The van der Waals surface area contributed by atoms with Crippen molar-refractivity contribution in [2.45, 2.75) is 31.4 Å². The van der Waals surface area contributed by atoms with Crippen molar-refractivity contribution in [2.75, 3.05) is 12.4 Å². The summed E-state index contributed by atoms with van der Waals surface area (Å²) in [5.41, 5.74) is 0.635. The topological polar surface area (TPSA) is 116 Å². The van der Waals surface area contributed by atoms with E-state index in [1.54, 1.807) is 0 Å². The third-order valence-electron chi connectivity index (χ3n) is 2.55. The van der Waals surface area contributed by atoms with Crippen molar-refractivity contribution in [1.82, 2.24) is 4.72 Å². The average molecular weight is 336 g/mol. The molecule has 0 saturated heterocycles. The summed E-state index contributed by atoms with van der Waals surface area (Å²) in [5.74, 6) is -0.125. The van der Waals surface area contributed by atoms with Gasteiger partial charge in [0.2, 0.25) is 20.0 Å². The van der Waals surface area contributed by atoms with Crippen LogP contribution in [0, 0.1) is 0 Å². The normalized spacial score (nSPS) is 12.8. The van der Waals surface area contributed by atoms with E-state index in [2.05, 4.69) is 4.72 Å². The molecular weight excluding hydrogens is 316 g/mol. The van der Waals surface area contributed by atoms with Gasteiger partial charge in [-0.15, -0.1) is 0 Å². The maximum atomic E-state index is 11.7. The quantitative estimate of drug-likeness (QED) is 0.702. The van der Waals surface area contributed by atoms with Gasteiger partial charge in [-0.3, -0.25) is 0 Å². The molecule has 21 heavy (non-hydrogen) atoms. The lowest BCUT2D eigenvalue weighted by atomic mass is 10.2. The lowest BCUT2D eigenvalue weighted by molar-refractivity contribution is 0.0911. The molecule has 0 unspecified atom stereocenters. The van der Waals surface area contributed by atoms with Crippen LogP contribution in [0.5, 0.6) is 0 Å². The minimum atomic E-state index is -3.74. The molecule has 7 nitrogen and oxygen atoms in total.